The van der Waals surface area contributed by atoms with Crippen molar-refractivity contribution < 1.29 is 9.18 Å². The van der Waals surface area contributed by atoms with Crippen molar-refractivity contribution in [1.29, 1.82) is 0 Å². The van der Waals surface area contributed by atoms with Gasteiger partial charge in [0.1, 0.15) is 17.8 Å². The third-order valence-electron chi connectivity index (χ3n) is 5.63. The molecule has 8 heteroatoms. The number of amides is 1. The van der Waals surface area contributed by atoms with Crippen LogP contribution < -0.4 is 0 Å². The zero-order valence-electron chi connectivity index (χ0n) is 17.1. The Hall–Kier alpha value is -3.81. The van der Waals surface area contributed by atoms with E-state index in [-0.39, 0.29) is 18.1 Å². The van der Waals surface area contributed by atoms with Gasteiger partial charge in [-0.1, -0.05) is 30.3 Å². The minimum absolute atomic E-state index is 0.0319. The summed E-state index contributed by atoms with van der Waals surface area (Å²) in [7, 11) is 1.91. The standard InChI is InChI=1S/C23H21FN6O/c1-28-20-10-11-29(21(31)13-16-6-5-7-17(24)12-16)14-19(20)22(27-28)23-26-25-15-30(23)18-8-3-2-4-9-18/h2-9,12,15H,10-11,13-14H2,1H3. The first-order chi connectivity index (χ1) is 15.1. The summed E-state index contributed by atoms with van der Waals surface area (Å²) in [6, 6.07) is 16.0. The maximum absolute atomic E-state index is 13.5. The van der Waals surface area contributed by atoms with Crippen LogP contribution in [-0.4, -0.2) is 41.9 Å². The van der Waals surface area contributed by atoms with Crippen LogP contribution in [0.2, 0.25) is 0 Å². The first kappa shape index (κ1) is 19.2. The van der Waals surface area contributed by atoms with Gasteiger partial charge in [0.05, 0.1) is 6.42 Å². The van der Waals surface area contributed by atoms with Gasteiger partial charge in [-0.3, -0.25) is 14.0 Å². The van der Waals surface area contributed by atoms with Crippen LogP contribution in [0.5, 0.6) is 0 Å². The molecule has 0 saturated carbocycles. The summed E-state index contributed by atoms with van der Waals surface area (Å²) < 4.78 is 17.3. The number of hydrogen-bond acceptors (Lipinski definition) is 4. The lowest BCUT2D eigenvalue weighted by Gasteiger charge is -2.28. The molecule has 7 nitrogen and oxygen atoms in total. The number of aryl methyl sites for hydroxylation is 1. The van der Waals surface area contributed by atoms with Gasteiger partial charge >= 0.3 is 0 Å². The predicted octanol–water partition coefficient (Wildman–Crippen LogP) is 2.93. The molecule has 4 aromatic rings. The van der Waals surface area contributed by atoms with Crippen LogP contribution in [0.4, 0.5) is 4.39 Å². The number of para-hydroxylation sites is 1. The van der Waals surface area contributed by atoms with Gasteiger partial charge in [0.15, 0.2) is 5.82 Å². The fourth-order valence-electron chi connectivity index (χ4n) is 4.09. The number of aromatic nitrogens is 5. The SMILES string of the molecule is Cn1nc(-c2nncn2-c2ccccc2)c2c1CCN(C(=O)Cc1cccc(F)c1)C2. The summed E-state index contributed by atoms with van der Waals surface area (Å²) in [6.45, 7) is 1.04. The highest BCUT2D eigenvalue weighted by atomic mass is 19.1. The number of fused-ring (bicyclic) bond motifs is 1. The third kappa shape index (κ3) is 3.61. The van der Waals surface area contributed by atoms with Crippen molar-refractivity contribution in [2.45, 2.75) is 19.4 Å². The number of nitrogens with zero attached hydrogens (tertiary/aromatic N) is 6. The van der Waals surface area contributed by atoms with Crippen molar-refractivity contribution in [3.63, 3.8) is 0 Å². The zero-order chi connectivity index (χ0) is 21.4. The Morgan fingerprint density at radius 3 is 2.77 bits per heavy atom. The second-order valence-electron chi connectivity index (χ2n) is 7.63. The maximum atomic E-state index is 13.5. The van der Waals surface area contributed by atoms with E-state index in [1.165, 1.54) is 12.1 Å². The predicted molar refractivity (Wildman–Crippen MR) is 113 cm³/mol. The minimum atomic E-state index is -0.332. The second kappa shape index (κ2) is 7.79. The quantitative estimate of drug-likeness (QED) is 0.513. The van der Waals surface area contributed by atoms with Crippen molar-refractivity contribution in [3.05, 3.63) is 83.6 Å². The molecule has 0 N–H and O–H groups in total. The summed E-state index contributed by atoms with van der Waals surface area (Å²) >= 11 is 0. The van der Waals surface area contributed by atoms with E-state index in [2.05, 4.69) is 10.2 Å². The van der Waals surface area contributed by atoms with Crippen molar-refractivity contribution in [2.75, 3.05) is 6.54 Å². The van der Waals surface area contributed by atoms with Crippen LogP contribution in [0.1, 0.15) is 16.8 Å². The van der Waals surface area contributed by atoms with Crippen molar-refractivity contribution >= 4 is 5.91 Å². The Bertz CT molecular complexity index is 1250. The molecule has 2 aromatic carbocycles. The average Bonchev–Trinajstić information content (AvgIpc) is 3.39. The van der Waals surface area contributed by atoms with E-state index in [9.17, 15) is 9.18 Å². The van der Waals surface area contributed by atoms with Gasteiger partial charge in [-0.15, -0.1) is 10.2 Å². The van der Waals surface area contributed by atoms with E-state index in [1.807, 2.05) is 51.5 Å². The Morgan fingerprint density at radius 2 is 1.97 bits per heavy atom. The largest absolute Gasteiger partial charge is 0.338 e. The van der Waals surface area contributed by atoms with Gasteiger partial charge in [-0.25, -0.2) is 4.39 Å². The van der Waals surface area contributed by atoms with Crippen LogP contribution >= 0.6 is 0 Å². The lowest BCUT2D eigenvalue weighted by Crippen LogP contribution is -2.37. The maximum Gasteiger partial charge on any atom is 0.227 e. The van der Waals surface area contributed by atoms with E-state index >= 15 is 0 Å². The van der Waals surface area contributed by atoms with Crippen LogP contribution in [0.25, 0.3) is 17.2 Å². The first-order valence-corrected chi connectivity index (χ1v) is 10.1. The van der Waals surface area contributed by atoms with E-state index in [0.717, 1.165) is 22.6 Å². The van der Waals surface area contributed by atoms with Crippen LogP contribution in [-0.2, 0) is 31.2 Å². The summed E-state index contributed by atoms with van der Waals surface area (Å²) in [5.41, 5.74) is 4.41. The molecular formula is C23H21FN6O. The summed E-state index contributed by atoms with van der Waals surface area (Å²) in [6.07, 6.45) is 2.54. The molecule has 1 aliphatic rings. The first-order valence-electron chi connectivity index (χ1n) is 10.1. The molecule has 0 radical (unpaired) electrons. The minimum Gasteiger partial charge on any atom is -0.338 e. The van der Waals surface area contributed by atoms with Gasteiger partial charge in [-0.05, 0) is 29.8 Å². The molecule has 1 amide bonds. The molecule has 0 unspecified atom stereocenters. The summed E-state index contributed by atoms with van der Waals surface area (Å²) in [4.78, 5) is 14.7. The fourth-order valence-corrected chi connectivity index (χ4v) is 4.09. The van der Waals surface area contributed by atoms with E-state index < -0.39 is 0 Å². The number of rotatable bonds is 4. The summed E-state index contributed by atoms with van der Waals surface area (Å²) in [5, 5.41) is 13.1. The molecule has 1 aliphatic heterocycles. The third-order valence-corrected chi connectivity index (χ3v) is 5.63. The molecular weight excluding hydrogens is 395 g/mol. The van der Waals surface area contributed by atoms with Gasteiger partial charge in [0.25, 0.3) is 0 Å². The Morgan fingerprint density at radius 1 is 1.13 bits per heavy atom. The van der Waals surface area contributed by atoms with Gasteiger partial charge in [0.2, 0.25) is 5.91 Å². The van der Waals surface area contributed by atoms with Gasteiger partial charge < -0.3 is 4.90 Å². The van der Waals surface area contributed by atoms with Crippen molar-refractivity contribution in [1.82, 2.24) is 29.4 Å². The Labute approximate surface area is 178 Å². The Balaban J connectivity index is 1.45. The van der Waals surface area contributed by atoms with Crippen LogP contribution in [0.15, 0.2) is 60.9 Å². The molecule has 0 fully saturated rings. The molecule has 0 spiro atoms. The molecule has 3 heterocycles. The van der Waals surface area contributed by atoms with Crippen molar-refractivity contribution in [3.8, 4) is 17.2 Å². The Kier molecular flexibility index (Phi) is 4.82. The smallest absolute Gasteiger partial charge is 0.227 e. The van der Waals surface area contributed by atoms with Crippen molar-refractivity contribution in [2.24, 2.45) is 7.05 Å². The molecule has 156 valence electrons. The molecule has 31 heavy (non-hydrogen) atoms. The van der Waals surface area contributed by atoms with E-state index in [1.54, 1.807) is 18.5 Å². The highest BCUT2D eigenvalue weighted by Crippen LogP contribution is 2.30. The van der Waals surface area contributed by atoms with Gasteiger partial charge in [0, 0.05) is 43.5 Å². The summed E-state index contributed by atoms with van der Waals surface area (Å²) in [5.74, 6) is 0.277. The monoisotopic (exact) mass is 416 g/mol. The second-order valence-corrected chi connectivity index (χ2v) is 7.63. The van der Waals surface area contributed by atoms with E-state index in [4.69, 9.17) is 5.10 Å². The molecule has 0 bridgehead atoms. The van der Waals surface area contributed by atoms with Gasteiger partial charge in [-0.2, -0.15) is 5.10 Å². The highest BCUT2D eigenvalue weighted by Gasteiger charge is 2.29. The lowest BCUT2D eigenvalue weighted by molar-refractivity contribution is -0.131. The van der Waals surface area contributed by atoms with Crippen LogP contribution in [0, 0.1) is 5.82 Å². The number of benzene rings is 2. The topological polar surface area (TPSA) is 68.8 Å². The molecule has 0 saturated heterocycles. The number of hydrogen-bond donors (Lipinski definition) is 0. The number of halogens is 1. The average molecular weight is 416 g/mol. The number of carbonyl (C=O) groups excluding carboxylic acids is 1. The molecule has 5 rings (SSSR count). The molecule has 0 atom stereocenters. The molecule has 2 aromatic heterocycles. The molecule has 0 aliphatic carbocycles. The highest BCUT2D eigenvalue weighted by molar-refractivity contribution is 5.79. The van der Waals surface area contributed by atoms with E-state index in [0.29, 0.717) is 30.9 Å². The number of carbonyl (C=O) groups is 1. The lowest BCUT2D eigenvalue weighted by atomic mass is 10.0. The van der Waals surface area contributed by atoms with Crippen LogP contribution in [0.3, 0.4) is 0 Å². The fraction of sp³-hybridized carbons (Fsp3) is 0.217. The normalized spacial score (nSPS) is 13.3. The zero-order valence-corrected chi connectivity index (χ0v) is 17.1.